The van der Waals surface area contributed by atoms with Crippen molar-refractivity contribution in [2.75, 3.05) is 25.0 Å². The Kier molecular flexibility index (Phi) is 10.2. The van der Waals surface area contributed by atoms with Crippen molar-refractivity contribution < 1.29 is 22.7 Å². The molecule has 1 atom stereocenters. The maximum Gasteiger partial charge on any atom is 0.264 e. The number of sulfonamides is 1. The lowest BCUT2D eigenvalue weighted by atomic mass is 10.1. The molecule has 0 saturated heterocycles. The summed E-state index contributed by atoms with van der Waals surface area (Å²) in [7, 11) is -1.20. The van der Waals surface area contributed by atoms with E-state index in [0.29, 0.717) is 33.5 Å². The molecule has 0 aliphatic heterocycles. The van der Waals surface area contributed by atoms with Crippen molar-refractivity contribution in [2.24, 2.45) is 0 Å². The van der Waals surface area contributed by atoms with Crippen molar-refractivity contribution in [1.82, 2.24) is 10.2 Å². The minimum atomic E-state index is -4.17. The van der Waals surface area contributed by atoms with Crippen LogP contribution in [0.5, 0.6) is 5.75 Å². The number of anilines is 1. The number of aryl methyl sites for hydroxylation is 1. The molecule has 11 heteroatoms. The molecule has 0 fully saturated rings. The van der Waals surface area contributed by atoms with E-state index in [0.717, 1.165) is 9.87 Å². The second-order valence-corrected chi connectivity index (χ2v) is 11.5. The van der Waals surface area contributed by atoms with E-state index in [1.165, 1.54) is 43.3 Å². The van der Waals surface area contributed by atoms with Gasteiger partial charge >= 0.3 is 0 Å². The van der Waals surface area contributed by atoms with Crippen molar-refractivity contribution in [1.29, 1.82) is 0 Å². The molecule has 39 heavy (non-hydrogen) atoms. The molecule has 3 aromatic carbocycles. The van der Waals surface area contributed by atoms with Gasteiger partial charge in [0.2, 0.25) is 11.8 Å². The molecule has 208 valence electrons. The third kappa shape index (κ3) is 7.23. The number of carbonyl (C=O) groups excluding carboxylic acids is 2. The number of carbonyl (C=O) groups is 2. The van der Waals surface area contributed by atoms with Crippen LogP contribution in [0.3, 0.4) is 0 Å². The predicted molar refractivity (Wildman–Crippen MR) is 154 cm³/mol. The molecule has 0 aromatic heterocycles. The largest absolute Gasteiger partial charge is 0.497 e. The zero-order chi connectivity index (χ0) is 28.7. The second-order valence-electron chi connectivity index (χ2n) is 8.83. The second kappa shape index (κ2) is 13.2. The van der Waals surface area contributed by atoms with Gasteiger partial charge in [0.25, 0.3) is 10.0 Å². The molecule has 3 aromatic rings. The summed E-state index contributed by atoms with van der Waals surface area (Å²) in [6, 6.07) is 16.8. The van der Waals surface area contributed by atoms with Gasteiger partial charge < -0.3 is 15.0 Å². The van der Waals surface area contributed by atoms with E-state index in [4.69, 9.17) is 27.9 Å². The number of amides is 2. The SMILES string of the molecule is CCC(C(=O)NC)N(Cc1ccc(Cl)c(Cl)c1)C(=O)CN(c1ccc(C)cc1)S(=O)(=O)c1ccc(OC)cc1. The zero-order valence-electron chi connectivity index (χ0n) is 22.1. The van der Waals surface area contributed by atoms with E-state index in [-0.39, 0.29) is 17.3 Å². The Balaban J connectivity index is 2.06. The van der Waals surface area contributed by atoms with Gasteiger partial charge in [0.1, 0.15) is 18.3 Å². The Morgan fingerprint density at radius 1 is 0.974 bits per heavy atom. The zero-order valence-corrected chi connectivity index (χ0v) is 24.5. The van der Waals surface area contributed by atoms with E-state index in [9.17, 15) is 18.0 Å². The molecule has 8 nitrogen and oxygen atoms in total. The van der Waals surface area contributed by atoms with Crippen LogP contribution in [0.1, 0.15) is 24.5 Å². The lowest BCUT2D eigenvalue weighted by Gasteiger charge is -2.33. The van der Waals surface area contributed by atoms with Gasteiger partial charge in [-0.05, 0) is 67.4 Å². The average Bonchev–Trinajstić information content (AvgIpc) is 2.93. The van der Waals surface area contributed by atoms with Crippen LogP contribution >= 0.6 is 23.2 Å². The van der Waals surface area contributed by atoms with Crippen LogP contribution < -0.4 is 14.4 Å². The van der Waals surface area contributed by atoms with Gasteiger partial charge in [-0.1, -0.05) is 53.9 Å². The molecule has 0 heterocycles. The fraction of sp³-hybridized carbons (Fsp3) is 0.286. The van der Waals surface area contributed by atoms with Gasteiger partial charge in [-0.3, -0.25) is 13.9 Å². The molecule has 3 rings (SSSR count). The van der Waals surface area contributed by atoms with E-state index in [1.807, 2.05) is 6.92 Å². The quantitative estimate of drug-likeness (QED) is 0.336. The van der Waals surface area contributed by atoms with Crippen molar-refractivity contribution in [3.8, 4) is 5.75 Å². The van der Waals surface area contributed by atoms with Crippen molar-refractivity contribution in [2.45, 2.75) is 37.8 Å². The first-order chi connectivity index (χ1) is 18.5. The van der Waals surface area contributed by atoms with Gasteiger partial charge in [-0.2, -0.15) is 0 Å². The summed E-state index contributed by atoms with van der Waals surface area (Å²) in [6.45, 7) is 3.14. The molecule has 0 aliphatic carbocycles. The van der Waals surface area contributed by atoms with Gasteiger partial charge in [-0.25, -0.2) is 8.42 Å². The normalized spacial score (nSPS) is 11.9. The third-order valence-corrected chi connectivity index (χ3v) is 8.74. The average molecular weight is 593 g/mol. The first-order valence-corrected chi connectivity index (χ1v) is 14.4. The Morgan fingerprint density at radius 2 is 1.62 bits per heavy atom. The number of methoxy groups -OCH3 is 1. The van der Waals surface area contributed by atoms with Crippen LogP contribution in [-0.4, -0.2) is 51.9 Å². The van der Waals surface area contributed by atoms with Crippen molar-refractivity contribution >= 4 is 50.7 Å². The molecule has 0 radical (unpaired) electrons. The van der Waals surface area contributed by atoms with E-state index >= 15 is 0 Å². The summed E-state index contributed by atoms with van der Waals surface area (Å²) in [5, 5.41) is 3.25. The highest BCUT2D eigenvalue weighted by molar-refractivity contribution is 7.92. The van der Waals surface area contributed by atoms with E-state index in [1.54, 1.807) is 49.4 Å². The summed E-state index contributed by atoms with van der Waals surface area (Å²) >= 11 is 12.3. The number of nitrogens with zero attached hydrogens (tertiary/aromatic N) is 2. The maximum atomic E-state index is 13.9. The lowest BCUT2D eigenvalue weighted by molar-refractivity contribution is -0.140. The molecule has 1 unspecified atom stereocenters. The summed E-state index contributed by atoms with van der Waals surface area (Å²) in [5.41, 5.74) is 1.88. The highest BCUT2D eigenvalue weighted by atomic mass is 35.5. The number of ether oxygens (including phenoxy) is 1. The first kappa shape index (κ1) is 30.3. The molecule has 0 bridgehead atoms. The number of hydrogen-bond donors (Lipinski definition) is 1. The Hall–Kier alpha value is -3.27. The standard InChI is InChI=1S/C28H31Cl2N3O5S/c1-5-26(28(35)31-3)32(17-20-8-15-24(29)25(30)16-20)27(34)18-33(21-9-6-19(2)7-10-21)39(36,37)23-13-11-22(38-4)12-14-23/h6-16,26H,5,17-18H2,1-4H3,(H,31,35). The van der Waals surface area contributed by atoms with E-state index in [2.05, 4.69) is 5.32 Å². The smallest absolute Gasteiger partial charge is 0.264 e. The number of nitrogens with one attached hydrogen (secondary N) is 1. The number of hydrogen-bond acceptors (Lipinski definition) is 5. The van der Waals surface area contributed by atoms with Crippen molar-refractivity contribution in [3.05, 3.63) is 87.9 Å². The fourth-order valence-electron chi connectivity index (χ4n) is 4.04. The molecular formula is C28H31Cl2N3O5S. The first-order valence-electron chi connectivity index (χ1n) is 12.2. The highest BCUT2D eigenvalue weighted by Gasteiger charge is 2.33. The molecular weight excluding hydrogens is 561 g/mol. The van der Waals surface area contributed by atoms with E-state index < -0.39 is 28.5 Å². The molecule has 0 saturated carbocycles. The van der Waals surface area contributed by atoms with Gasteiger partial charge in [0, 0.05) is 13.6 Å². The predicted octanol–water partition coefficient (Wildman–Crippen LogP) is 5.06. The topological polar surface area (TPSA) is 96.0 Å². The highest BCUT2D eigenvalue weighted by Crippen LogP contribution is 2.27. The fourth-order valence-corrected chi connectivity index (χ4v) is 5.77. The number of halogens is 2. The van der Waals surface area contributed by atoms with Crippen LogP contribution in [0.15, 0.2) is 71.6 Å². The molecule has 0 aliphatic rings. The number of benzene rings is 3. The minimum Gasteiger partial charge on any atom is -0.497 e. The molecule has 1 N–H and O–H groups in total. The Labute approximate surface area is 239 Å². The van der Waals surface area contributed by atoms with Crippen LogP contribution in [0.4, 0.5) is 5.69 Å². The molecule has 0 spiro atoms. The summed E-state index contributed by atoms with van der Waals surface area (Å²) < 4.78 is 33.9. The van der Waals surface area contributed by atoms with Crippen LogP contribution in [0.2, 0.25) is 10.0 Å². The lowest BCUT2D eigenvalue weighted by Crippen LogP contribution is -2.51. The minimum absolute atomic E-state index is 0.00829. The summed E-state index contributed by atoms with van der Waals surface area (Å²) in [6.07, 6.45) is 0.308. The van der Waals surface area contributed by atoms with Crippen LogP contribution in [0.25, 0.3) is 0 Å². The van der Waals surface area contributed by atoms with Crippen LogP contribution in [0, 0.1) is 6.92 Å². The number of likely N-dealkylation sites (N-methyl/N-ethyl adjacent to an activating group) is 1. The maximum absolute atomic E-state index is 13.9. The van der Waals surface area contributed by atoms with Crippen LogP contribution in [-0.2, 0) is 26.2 Å². The molecule has 2 amide bonds. The monoisotopic (exact) mass is 591 g/mol. The van der Waals surface area contributed by atoms with Crippen molar-refractivity contribution in [3.63, 3.8) is 0 Å². The number of rotatable bonds is 11. The summed E-state index contributed by atoms with van der Waals surface area (Å²) in [5.74, 6) is -0.434. The Morgan fingerprint density at radius 3 is 2.15 bits per heavy atom. The van der Waals surface area contributed by atoms with Gasteiger partial charge in [0.15, 0.2) is 0 Å². The Bertz CT molecular complexity index is 1410. The third-order valence-electron chi connectivity index (χ3n) is 6.22. The van der Waals surface area contributed by atoms with Gasteiger partial charge in [-0.15, -0.1) is 0 Å². The summed E-state index contributed by atoms with van der Waals surface area (Å²) in [4.78, 5) is 28.0. The van der Waals surface area contributed by atoms with Gasteiger partial charge in [0.05, 0.1) is 27.7 Å².